The average molecular weight is 1340 g/mol. The Hall–Kier alpha value is -5.18. The van der Waals surface area contributed by atoms with E-state index in [9.17, 15) is 99.6 Å². The van der Waals surface area contributed by atoms with Gasteiger partial charge < -0.3 is 141 Å². The highest BCUT2D eigenvalue weighted by molar-refractivity contribution is 6.09. The summed E-state index contributed by atoms with van der Waals surface area (Å²) in [5, 5.41) is 142. The highest BCUT2D eigenvalue weighted by Gasteiger charge is 2.53. The standard InChI is InChI=1S/C56H93N7O30/c57-31(52(83)84)5-1-2-11-58-35(67)7-15-63-50(81)30-22-29(40(30)51(63)82)4-3-6-39(71)62-56(26-85-16-8-36(68)59-12-19-88-53-47(78)44(75)41(72)32(23-64)91-53,27-86-17-9-37(69)60-13-20-89-54-48(79)45(76)42(73)33(24-65)92-54)28-87-18-10-38(70)61-14-21-90-55-49(80)46(77)43(74)34(25-66)93-55/h22,30-34,40-49,53-55,64-66,72-80H,1-21,23-28,57H2,(H,58,67)(H,59,68)(H,60,69)(H,61,70)(H,62,71)(H,83,84). The second kappa shape index (κ2) is 39.8. The number of aliphatic hydroxyl groups excluding tert-OH is 12. The van der Waals surface area contributed by atoms with Crippen LogP contribution in [-0.2, 0) is 81.0 Å². The van der Waals surface area contributed by atoms with Crippen LogP contribution in [0.3, 0.4) is 0 Å². The molecular formula is C56H93N7O30. The van der Waals surface area contributed by atoms with E-state index in [2.05, 4.69) is 26.6 Å². The quantitative estimate of drug-likeness (QED) is 0.0153. The van der Waals surface area contributed by atoms with E-state index in [4.69, 9.17) is 53.5 Å². The third kappa shape index (κ3) is 23.9. The van der Waals surface area contributed by atoms with Gasteiger partial charge in [-0.25, -0.2) is 0 Å². The van der Waals surface area contributed by atoms with Gasteiger partial charge in [-0.05, 0) is 32.1 Å². The smallest absolute Gasteiger partial charge is 0.320 e. The number of carbonyl (C=O) groups excluding carboxylic acids is 7. The number of hydrogen-bond acceptors (Lipinski definition) is 30. The number of amides is 7. The van der Waals surface area contributed by atoms with Crippen molar-refractivity contribution in [2.75, 3.05) is 112 Å². The lowest BCUT2D eigenvalue weighted by Crippen LogP contribution is -2.59. The first-order valence-corrected chi connectivity index (χ1v) is 30.8. The van der Waals surface area contributed by atoms with Crippen molar-refractivity contribution >= 4 is 47.3 Å². The van der Waals surface area contributed by atoms with Crippen molar-refractivity contribution in [3.05, 3.63) is 11.6 Å². The van der Waals surface area contributed by atoms with Gasteiger partial charge >= 0.3 is 5.97 Å². The molecule has 0 bridgehead atoms. The predicted molar refractivity (Wildman–Crippen MR) is 308 cm³/mol. The fourth-order valence-electron chi connectivity index (χ4n) is 10.4. The number of hydrogen-bond donors (Lipinski definition) is 19. The molecule has 18 unspecified atom stereocenters. The molecule has 0 aromatic carbocycles. The second-order valence-corrected chi connectivity index (χ2v) is 23.0. The van der Waals surface area contributed by atoms with Crippen LogP contribution in [0.2, 0.25) is 0 Å². The zero-order valence-corrected chi connectivity index (χ0v) is 51.3. The maximum absolute atomic E-state index is 14.0. The first-order chi connectivity index (χ1) is 44.4. The van der Waals surface area contributed by atoms with E-state index in [-0.39, 0.29) is 124 Å². The van der Waals surface area contributed by atoms with Gasteiger partial charge in [0.25, 0.3) is 0 Å². The van der Waals surface area contributed by atoms with Gasteiger partial charge in [-0.2, -0.15) is 0 Å². The Morgan fingerprint density at radius 1 is 0.505 bits per heavy atom. The third-order valence-corrected chi connectivity index (χ3v) is 15.9. The Balaban J connectivity index is 1.19. The maximum atomic E-state index is 14.0. The van der Waals surface area contributed by atoms with Crippen molar-refractivity contribution in [2.24, 2.45) is 17.6 Å². The number of unbranched alkanes of at least 4 members (excludes halogenated alkanes) is 1. The van der Waals surface area contributed by atoms with Crippen LogP contribution in [0.1, 0.15) is 64.2 Å². The molecule has 0 radical (unpaired) electrons. The Bertz CT molecular complexity index is 2260. The molecule has 532 valence electrons. The number of carbonyl (C=O) groups is 8. The van der Waals surface area contributed by atoms with Crippen LogP contribution < -0.4 is 32.3 Å². The number of nitrogens with one attached hydrogen (secondary N) is 5. The topological polar surface area (TPSA) is 572 Å². The van der Waals surface area contributed by atoms with E-state index < -0.39 is 202 Å². The molecule has 37 heteroatoms. The van der Waals surface area contributed by atoms with Gasteiger partial charge in [0.1, 0.15) is 84.8 Å². The van der Waals surface area contributed by atoms with Gasteiger partial charge in [-0.1, -0.05) is 11.6 Å². The molecule has 7 amide bonds. The number of aliphatic hydroxyl groups is 12. The number of aliphatic carboxylic acids is 1. The van der Waals surface area contributed by atoms with Crippen LogP contribution >= 0.6 is 0 Å². The molecular weight excluding hydrogens is 1250 g/mol. The number of ether oxygens (including phenoxy) is 9. The van der Waals surface area contributed by atoms with E-state index in [0.717, 1.165) is 4.90 Å². The van der Waals surface area contributed by atoms with Gasteiger partial charge in [0.15, 0.2) is 18.9 Å². The summed E-state index contributed by atoms with van der Waals surface area (Å²) >= 11 is 0. The van der Waals surface area contributed by atoms with Crippen LogP contribution in [0.15, 0.2) is 11.6 Å². The molecule has 5 rings (SSSR count). The Morgan fingerprint density at radius 2 is 0.903 bits per heavy atom. The van der Waals surface area contributed by atoms with E-state index >= 15 is 0 Å². The largest absolute Gasteiger partial charge is 0.480 e. The summed E-state index contributed by atoms with van der Waals surface area (Å²) in [5.74, 6) is -6.32. The van der Waals surface area contributed by atoms with E-state index in [1.807, 2.05) is 0 Å². The molecule has 0 saturated carbocycles. The van der Waals surface area contributed by atoms with Crippen LogP contribution in [-0.4, -0.2) is 334 Å². The molecule has 1 aliphatic carbocycles. The zero-order chi connectivity index (χ0) is 68.4. The van der Waals surface area contributed by atoms with Gasteiger partial charge in [-0.3, -0.25) is 43.3 Å². The average Bonchev–Trinajstić information content (AvgIpc) is 1.60. The van der Waals surface area contributed by atoms with Crippen LogP contribution in [0.4, 0.5) is 0 Å². The summed E-state index contributed by atoms with van der Waals surface area (Å²) in [5.41, 5.74) is 4.48. The molecule has 4 saturated heterocycles. The van der Waals surface area contributed by atoms with Crippen molar-refractivity contribution < 1.29 is 147 Å². The lowest BCUT2D eigenvalue weighted by atomic mass is 9.74. The molecule has 0 aromatic rings. The lowest BCUT2D eigenvalue weighted by Gasteiger charge is -2.39. The molecule has 18 atom stereocenters. The normalized spacial score (nSPS) is 30.3. The Labute approximate surface area is 534 Å². The molecule has 93 heavy (non-hydrogen) atoms. The van der Waals surface area contributed by atoms with Crippen molar-refractivity contribution in [2.45, 2.75) is 168 Å². The number of rotatable bonds is 44. The second-order valence-electron chi connectivity index (χ2n) is 23.0. The van der Waals surface area contributed by atoms with Gasteiger partial charge in [0, 0.05) is 64.8 Å². The molecule has 4 heterocycles. The maximum Gasteiger partial charge on any atom is 0.320 e. The third-order valence-electron chi connectivity index (χ3n) is 15.9. The van der Waals surface area contributed by atoms with Gasteiger partial charge in [0.05, 0.1) is 91.1 Å². The summed E-state index contributed by atoms with van der Waals surface area (Å²) in [7, 11) is 0. The molecule has 4 aliphatic heterocycles. The van der Waals surface area contributed by atoms with Gasteiger partial charge in [-0.15, -0.1) is 0 Å². The van der Waals surface area contributed by atoms with Crippen LogP contribution in [0.25, 0.3) is 0 Å². The zero-order valence-electron chi connectivity index (χ0n) is 51.3. The number of nitrogens with two attached hydrogens (primary N) is 1. The fourth-order valence-corrected chi connectivity index (χ4v) is 10.4. The summed E-state index contributed by atoms with van der Waals surface area (Å²) in [6, 6.07) is -1.02. The molecule has 37 nitrogen and oxygen atoms in total. The summed E-state index contributed by atoms with van der Waals surface area (Å²) < 4.78 is 50.0. The number of nitrogens with zero attached hydrogens (tertiary/aromatic N) is 1. The lowest BCUT2D eigenvalue weighted by molar-refractivity contribution is -0.300. The van der Waals surface area contributed by atoms with Crippen molar-refractivity contribution in [1.29, 1.82) is 0 Å². The molecule has 0 aromatic heterocycles. The van der Waals surface area contributed by atoms with E-state index in [1.165, 1.54) is 0 Å². The molecule has 0 spiro atoms. The number of carboxylic acids is 1. The fraction of sp³-hybridized carbons (Fsp3) is 0.821. The minimum atomic E-state index is -1.69. The highest BCUT2D eigenvalue weighted by Crippen LogP contribution is 2.44. The minimum Gasteiger partial charge on any atom is -0.480 e. The van der Waals surface area contributed by atoms with Crippen LogP contribution in [0.5, 0.6) is 0 Å². The number of fused-ring (bicyclic) bond motifs is 1. The first-order valence-electron chi connectivity index (χ1n) is 30.8. The number of imide groups is 1. The van der Waals surface area contributed by atoms with Crippen LogP contribution in [0, 0.1) is 11.8 Å². The molecule has 5 aliphatic rings. The number of carboxylic acid groups (broad SMARTS) is 1. The monoisotopic (exact) mass is 1340 g/mol. The van der Waals surface area contributed by atoms with Crippen molar-refractivity contribution in [1.82, 2.24) is 31.5 Å². The minimum absolute atomic E-state index is 0.134. The van der Waals surface area contributed by atoms with Gasteiger partial charge in [0.2, 0.25) is 41.4 Å². The molecule has 20 N–H and O–H groups in total. The van der Waals surface area contributed by atoms with Crippen molar-refractivity contribution in [3.8, 4) is 0 Å². The van der Waals surface area contributed by atoms with E-state index in [1.54, 1.807) is 6.08 Å². The van der Waals surface area contributed by atoms with Crippen molar-refractivity contribution in [3.63, 3.8) is 0 Å². The number of likely N-dealkylation sites (tertiary alicyclic amines) is 1. The summed E-state index contributed by atoms with van der Waals surface area (Å²) in [6.45, 7) is -5.24. The van der Waals surface area contributed by atoms with E-state index in [0.29, 0.717) is 18.4 Å². The highest BCUT2D eigenvalue weighted by atomic mass is 16.7. The molecule has 4 fully saturated rings. The SMILES string of the molecule is NC(CCCCNC(=O)CCN1C(=O)C2C=C(CCCC(=O)NC(COCCC(=O)NCCOC3OC(CO)C(O)C(O)C3O)(COCCC(=O)NCCOC3OC(CO)C(O)C(O)C3O)COCCC(=O)NCCOC3OC(CO)C(O)C(O)C3O)C2C1=O)C(=O)O. The Kier molecular flexibility index (Phi) is 33.6. The predicted octanol–water partition coefficient (Wildman–Crippen LogP) is -10.3. The summed E-state index contributed by atoms with van der Waals surface area (Å²) in [4.78, 5) is 104. The summed E-state index contributed by atoms with van der Waals surface area (Å²) in [6.07, 6.45) is -21.0. The Morgan fingerprint density at radius 3 is 1.30 bits per heavy atom. The first kappa shape index (κ1) is 78.5.